The number of hydrogen-bond acceptors (Lipinski definition) is 2. The molecule has 148 valence electrons. The van der Waals surface area contributed by atoms with E-state index in [0.717, 1.165) is 53.1 Å². The fourth-order valence-electron chi connectivity index (χ4n) is 3.72. The van der Waals surface area contributed by atoms with Crippen molar-refractivity contribution in [1.82, 2.24) is 9.55 Å². The van der Waals surface area contributed by atoms with E-state index in [4.69, 9.17) is 9.72 Å². The lowest BCUT2D eigenvalue weighted by Gasteiger charge is -2.13. The summed E-state index contributed by atoms with van der Waals surface area (Å²) >= 11 is 3.58. The molecule has 0 N–H and O–H groups in total. The molecule has 0 amide bonds. The summed E-state index contributed by atoms with van der Waals surface area (Å²) < 4.78 is 9.47. The number of aromatic nitrogens is 2. The zero-order valence-electron chi connectivity index (χ0n) is 16.9. The number of nitrogens with zero attached hydrogens (tertiary/aromatic N) is 2. The second kappa shape index (κ2) is 8.83. The topological polar surface area (TPSA) is 27.1 Å². The van der Waals surface area contributed by atoms with Crippen molar-refractivity contribution in [2.75, 3.05) is 6.61 Å². The highest BCUT2D eigenvalue weighted by Gasteiger charge is 2.12. The second-order valence-electron chi connectivity index (χ2n) is 7.36. The van der Waals surface area contributed by atoms with Crippen molar-refractivity contribution >= 4 is 27.0 Å². The Kier molecular flexibility index (Phi) is 6.00. The van der Waals surface area contributed by atoms with Gasteiger partial charge >= 0.3 is 0 Å². The zero-order valence-corrected chi connectivity index (χ0v) is 18.4. The van der Waals surface area contributed by atoms with Gasteiger partial charge in [-0.1, -0.05) is 58.4 Å². The van der Waals surface area contributed by atoms with E-state index >= 15 is 0 Å². The minimum absolute atomic E-state index is 0.727. The van der Waals surface area contributed by atoms with Crippen LogP contribution in [0.5, 0.6) is 5.75 Å². The van der Waals surface area contributed by atoms with Gasteiger partial charge in [-0.15, -0.1) is 0 Å². The molecule has 0 aliphatic heterocycles. The zero-order chi connectivity index (χ0) is 20.2. The number of rotatable bonds is 7. The first-order valence-electron chi connectivity index (χ1n) is 10.0. The minimum Gasteiger partial charge on any atom is -0.493 e. The lowest BCUT2D eigenvalue weighted by Crippen LogP contribution is -2.05. The van der Waals surface area contributed by atoms with Gasteiger partial charge < -0.3 is 9.30 Å². The van der Waals surface area contributed by atoms with Crippen LogP contribution in [-0.4, -0.2) is 16.2 Å². The molecular weight excluding hydrogens is 424 g/mol. The first-order valence-corrected chi connectivity index (χ1v) is 10.8. The molecule has 0 fully saturated rings. The second-order valence-corrected chi connectivity index (χ2v) is 8.28. The lowest BCUT2D eigenvalue weighted by atomic mass is 10.1. The largest absolute Gasteiger partial charge is 0.493 e. The van der Waals surface area contributed by atoms with Gasteiger partial charge in [-0.25, -0.2) is 4.98 Å². The average molecular weight is 449 g/mol. The number of ether oxygens (including phenoxy) is 1. The number of benzene rings is 3. The molecule has 3 nitrogen and oxygen atoms in total. The molecule has 0 aliphatic rings. The van der Waals surface area contributed by atoms with E-state index in [0.29, 0.717) is 0 Å². The normalized spacial score (nSPS) is 11.1. The van der Waals surface area contributed by atoms with E-state index < -0.39 is 0 Å². The molecule has 3 aromatic carbocycles. The van der Waals surface area contributed by atoms with Crippen molar-refractivity contribution in [3.63, 3.8) is 0 Å². The summed E-state index contributed by atoms with van der Waals surface area (Å²) in [6.07, 6.45) is 2.03. The minimum atomic E-state index is 0.727. The van der Waals surface area contributed by atoms with E-state index in [9.17, 15) is 0 Å². The van der Waals surface area contributed by atoms with Crippen LogP contribution in [0.15, 0.2) is 71.2 Å². The standard InChI is InChI=1S/C25H25BrN2O/c1-18-9-7-10-19(2)24(18)29-16-6-5-15-28-23-14-4-3-13-22(23)27-25(28)20-11-8-12-21(26)17-20/h3-4,7-14,17H,5-6,15-16H2,1-2H3. The van der Waals surface area contributed by atoms with Gasteiger partial charge in [0, 0.05) is 16.6 Å². The molecule has 0 saturated carbocycles. The van der Waals surface area contributed by atoms with Gasteiger partial charge in [0.25, 0.3) is 0 Å². The van der Waals surface area contributed by atoms with Crippen molar-refractivity contribution in [1.29, 1.82) is 0 Å². The molecular formula is C25H25BrN2O. The van der Waals surface area contributed by atoms with Gasteiger partial charge in [0.2, 0.25) is 0 Å². The Morgan fingerprint density at radius 1 is 0.897 bits per heavy atom. The Bertz CT molecular complexity index is 1110. The number of fused-ring (bicyclic) bond motifs is 1. The van der Waals surface area contributed by atoms with Gasteiger partial charge in [0.15, 0.2) is 0 Å². The number of unbranched alkanes of at least 4 members (excludes halogenated alkanes) is 1. The Morgan fingerprint density at radius 3 is 2.45 bits per heavy atom. The van der Waals surface area contributed by atoms with Gasteiger partial charge in [-0.05, 0) is 62.1 Å². The Labute approximate surface area is 180 Å². The number of aryl methyl sites for hydroxylation is 3. The number of hydrogen-bond donors (Lipinski definition) is 0. The third kappa shape index (κ3) is 4.38. The molecule has 4 rings (SSSR count). The Balaban J connectivity index is 1.48. The molecule has 4 heteroatoms. The highest BCUT2D eigenvalue weighted by Crippen LogP contribution is 2.27. The summed E-state index contributed by atoms with van der Waals surface area (Å²) in [4.78, 5) is 4.90. The SMILES string of the molecule is Cc1cccc(C)c1OCCCCn1c(-c2cccc(Br)c2)nc2ccccc21. The fraction of sp³-hybridized carbons (Fsp3) is 0.240. The van der Waals surface area contributed by atoms with E-state index in [2.05, 4.69) is 88.9 Å². The maximum Gasteiger partial charge on any atom is 0.141 e. The van der Waals surface area contributed by atoms with Crippen LogP contribution < -0.4 is 4.74 Å². The summed E-state index contributed by atoms with van der Waals surface area (Å²) in [7, 11) is 0. The maximum atomic E-state index is 6.07. The average Bonchev–Trinajstić information content (AvgIpc) is 3.08. The molecule has 1 heterocycles. The van der Waals surface area contributed by atoms with Crippen molar-refractivity contribution in [3.05, 3.63) is 82.3 Å². The van der Waals surface area contributed by atoms with Crippen molar-refractivity contribution in [2.24, 2.45) is 0 Å². The van der Waals surface area contributed by atoms with Crippen LogP contribution in [0.1, 0.15) is 24.0 Å². The van der Waals surface area contributed by atoms with Crippen LogP contribution in [-0.2, 0) is 6.54 Å². The van der Waals surface area contributed by atoms with Crippen LogP contribution in [0.2, 0.25) is 0 Å². The first-order chi connectivity index (χ1) is 14.1. The van der Waals surface area contributed by atoms with Crippen LogP contribution >= 0.6 is 15.9 Å². The van der Waals surface area contributed by atoms with Crippen LogP contribution in [0.4, 0.5) is 0 Å². The highest BCUT2D eigenvalue weighted by molar-refractivity contribution is 9.10. The summed E-state index contributed by atoms with van der Waals surface area (Å²) in [5, 5.41) is 0. The monoisotopic (exact) mass is 448 g/mol. The molecule has 0 unspecified atom stereocenters. The third-order valence-corrected chi connectivity index (χ3v) is 5.66. The fourth-order valence-corrected chi connectivity index (χ4v) is 4.12. The Hall–Kier alpha value is -2.59. The molecule has 29 heavy (non-hydrogen) atoms. The summed E-state index contributed by atoms with van der Waals surface area (Å²) in [5.41, 5.74) is 5.74. The van der Waals surface area contributed by atoms with Crippen molar-refractivity contribution in [2.45, 2.75) is 33.2 Å². The van der Waals surface area contributed by atoms with Crippen molar-refractivity contribution < 1.29 is 4.74 Å². The molecule has 4 aromatic rings. The molecule has 0 radical (unpaired) electrons. The summed E-state index contributed by atoms with van der Waals surface area (Å²) in [5.74, 6) is 2.04. The lowest BCUT2D eigenvalue weighted by molar-refractivity contribution is 0.300. The number of para-hydroxylation sites is 3. The van der Waals surface area contributed by atoms with E-state index in [1.807, 2.05) is 12.1 Å². The summed E-state index contributed by atoms with van der Waals surface area (Å²) in [6.45, 7) is 5.84. The van der Waals surface area contributed by atoms with Crippen LogP contribution in [0, 0.1) is 13.8 Å². The highest BCUT2D eigenvalue weighted by atomic mass is 79.9. The molecule has 1 aromatic heterocycles. The van der Waals surface area contributed by atoms with Gasteiger partial charge in [-0.3, -0.25) is 0 Å². The third-order valence-electron chi connectivity index (χ3n) is 5.17. The molecule has 0 atom stereocenters. The van der Waals surface area contributed by atoms with Gasteiger partial charge in [0.1, 0.15) is 11.6 Å². The molecule has 0 saturated heterocycles. The number of halogens is 1. The molecule has 0 aliphatic carbocycles. The predicted molar refractivity (Wildman–Crippen MR) is 124 cm³/mol. The van der Waals surface area contributed by atoms with Crippen molar-refractivity contribution in [3.8, 4) is 17.1 Å². The van der Waals surface area contributed by atoms with Gasteiger partial charge in [0.05, 0.1) is 17.6 Å². The summed E-state index contributed by atoms with van der Waals surface area (Å²) in [6, 6.07) is 23.0. The quantitative estimate of drug-likeness (QED) is 0.286. The first kappa shape index (κ1) is 19.7. The van der Waals surface area contributed by atoms with Crippen LogP contribution in [0.25, 0.3) is 22.4 Å². The van der Waals surface area contributed by atoms with E-state index in [-0.39, 0.29) is 0 Å². The Morgan fingerprint density at radius 2 is 1.66 bits per heavy atom. The molecule has 0 spiro atoms. The van der Waals surface area contributed by atoms with Gasteiger partial charge in [-0.2, -0.15) is 0 Å². The van der Waals surface area contributed by atoms with E-state index in [1.165, 1.54) is 16.6 Å². The number of imidazole rings is 1. The van der Waals surface area contributed by atoms with E-state index in [1.54, 1.807) is 0 Å². The maximum absolute atomic E-state index is 6.07. The predicted octanol–water partition coefficient (Wildman–Crippen LogP) is 6.94. The smallest absolute Gasteiger partial charge is 0.141 e. The van der Waals surface area contributed by atoms with Crippen LogP contribution in [0.3, 0.4) is 0 Å². The molecule has 0 bridgehead atoms.